The molecule has 0 atom stereocenters. The quantitative estimate of drug-likeness (QED) is 0.524. The number of carboxylic acids is 1. The second kappa shape index (κ2) is 3.71. The summed E-state index contributed by atoms with van der Waals surface area (Å²) in [6, 6.07) is 0.950. The van der Waals surface area contributed by atoms with Crippen LogP contribution < -0.4 is 0 Å². The Bertz CT molecular complexity index is 177. The Kier molecular flexibility index (Phi) is 3.52. The molecule has 1 N–H and O–H groups in total. The molecule has 0 spiro atoms. The van der Waals surface area contributed by atoms with Gasteiger partial charge in [0.05, 0.1) is 0 Å². The van der Waals surface area contributed by atoms with Crippen LogP contribution in [-0.2, 0) is 4.79 Å². The zero-order chi connectivity index (χ0) is 9.07. The van der Waals surface area contributed by atoms with Crippen molar-refractivity contribution in [2.45, 2.75) is 32.6 Å². The van der Waals surface area contributed by atoms with E-state index in [1.807, 2.05) is 6.08 Å². The van der Waals surface area contributed by atoms with Gasteiger partial charge in [-0.05, 0) is 13.0 Å². The average molecular weight is 172 g/mol. The van der Waals surface area contributed by atoms with Gasteiger partial charge in [0.25, 0.3) is 0 Å². The summed E-state index contributed by atoms with van der Waals surface area (Å²) in [7, 11) is -1.11. The SMILES string of the molecule is CC(=CC[Si](C)(C)C)C(=O)O. The first kappa shape index (κ1) is 10.4. The molecule has 0 aliphatic heterocycles. The van der Waals surface area contributed by atoms with Crippen LogP contribution >= 0.6 is 0 Å². The van der Waals surface area contributed by atoms with Gasteiger partial charge in [-0.25, -0.2) is 4.79 Å². The van der Waals surface area contributed by atoms with E-state index >= 15 is 0 Å². The lowest BCUT2D eigenvalue weighted by molar-refractivity contribution is -0.132. The number of hydrogen-bond acceptors (Lipinski definition) is 1. The zero-order valence-electron chi connectivity index (χ0n) is 7.64. The highest BCUT2D eigenvalue weighted by Gasteiger charge is 2.11. The molecule has 0 saturated carbocycles. The molecule has 0 rings (SSSR count). The predicted molar refractivity (Wildman–Crippen MR) is 49.5 cm³/mol. The zero-order valence-corrected chi connectivity index (χ0v) is 8.64. The van der Waals surface area contributed by atoms with Crippen molar-refractivity contribution in [3.05, 3.63) is 11.6 Å². The Morgan fingerprint density at radius 2 is 1.91 bits per heavy atom. The van der Waals surface area contributed by atoms with E-state index in [1.165, 1.54) is 0 Å². The standard InChI is InChI=1S/C8H16O2Si/c1-7(8(9)10)5-6-11(2,3)4/h5H,6H2,1-4H3,(H,9,10). The fraction of sp³-hybridized carbons (Fsp3) is 0.625. The van der Waals surface area contributed by atoms with Gasteiger partial charge >= 0.3 is 5.97 Å². The number of hydrogen-bond donors (Lipinski definition) is 1. The van der Waals surface area contributed by atoms with Crippen LogP contribution in [0.4, 0.5) is 0 Å². The van der Waals surface area contributed by atoms with Gasteiger partial charge < -0.3 is 5.11 Å². The number of carbonyl (C=O) groups is 1. The third-order valence-corrected chi connectivity index (χ3v) is 2.79. The number of rotatable bonds is 3. The lowest BCUT2D eigenvalue weighted by Crippen LogP contribution is -2.18. The highest BCUT2D eigenvalue weighted by atomic mass is 28.3. The van der Waals surface area contributed by atoms with E-state index in [4.69, 9.17) is 5.11 Å². The molecular weight excluding hydrogens is 156 g/mol. The summed E-state index contributed by atoms with van der Waals surface area (Å²) >= 11 is 0. The van der Waals surface area contributed by atoms with Gasteiger partial charge in [-0.1, -0.05) is 25.7 Å². The van der Waals surface area contributed by atoms with Gasteiger partial charge in [0.15, 0.2) is 0 Å². The minimum Gasteiger partial charge on any atom is -0.478 e. The predicted octanol–water partition coefficient (Wildman–Crippen LogP) is 2.36. The molecule has 0 bridgehead atoms. The van der Waals surface area contributed by atoms with Gasteiger partial charge in [0, 0.05) is 13.6 Å². The van der Waals surface area contributed by atoms with Crippen LogP contribution in [-0.4, -0.2) is 19.1 Å². The molecule has 0 aromatic rings. The monoisotopic (exact) mass is 172 g/mol. The molecule has 3 heteroatoms. The van der Waals surface area contributed by atoms with Gasteiger partial charge in [0.1, 0.15) is 0 Å². The molecule has 0 amide bonds. The van der Waals surface area contributed by atoms with Crippen LogP contribution in [0.3, 0.4) is 0 Å². The number of carboxylic acid groups (broad SMARTS) is 1. The Hall–Kier alpha value is -0.573. The normalized spacial score (nSPS) is 13.3. The minimum atomic E-state index is -1.11. The molecular formula is C8H16O2Si. The van der Waals surface area contributed by atoms with Crippen molar-refractivity contribution in [2.75, 3.05) is 0 Å². The van der Waals surface area contributed by atoms with Crippen molar-refractivity contribution >= 4 is 14.0 Å². The largest absolute Gasteiger partial charge is 0.478 e. The van der Waals surface area contributed by atoms with E-state index in [9.17, 15) is 4.79 Å². The molecule has 0 aliphatic carbocycles. The summed E-state index contributed by atoms with van der Waals surface area (Å²) in [5.74, 6) is -0.803. The Morgan fingerprint density at radius 3 is 2.18 bits per heavy atom. The van der Waals surface area contributed by atoms with E-state index in [-0.39, 0.29) is 0 Å². The third-order valence-electron chi connectivity index (χ3n) is 1.36. The molecule has 0 unspecified atom stereocenters. The summed E-state index contributed by atoms with van der Waals surface area (Å²) in [4.78, 5) is 10.4. The first-order valence-electron chi connectivity index (χ1n) is 3.73. The van der Waals surface area contributed by atoms with Crippen molar-refractivity contribution in [3.63, 3.8) is 0 Å². The van der Waals surface area contributed by atoms with E-state index in [2.05, 4.69) is 19.6 Å². The van der Waals surface area contributed by atoms with Crippen LogP contribution in [0.25, 0.3) is 0 Å². The maximum Gasteiger partial charge on any atom is 0.330 e. The molecule has 0 fully saturated rings. The van der Waals surface area contributed by atoms with Crippen LogP contribution in [0.2, 0.25) is 25.7 Å². The van der Waals surface area contributed by atoms with Crippen molar-refractivity contribution < 1.29 is 9.90 Å². The van der Waals surface area contributed by atoms with Crippen LogP contribution in [0, 0.1) is 0 Å². The fourth-order valence-electron chi connectivity index (χ4n) is 0.547. The summed E-state index contributed by atoms with van der Waals surface area (Å²) in [5.41, 5.74) is 0.465. The molecule has 0 aromatic carbocycles. The fourth-order valence-corrected chi connectivity index (χ4v) is 1.47. The average Bonchev–Trinajstić information content (AvgIpc) is 1.80. The Balaban J connectivity index is 4.04. The summed E-state index contributed by atoms with van der Waals surface area (Å²) < 4.78 is 0. The second-order valence-electron chi connectivity index (χ2n) is 3.96. The van der Waals surface area contributed by atoms with Crippen molar-refractivity contribution in [1.29, 1.82) is 0 Å². The molecule has 0 aliphatic rings. The van der Waals surface area contributed by atoms with Gasteiger partial charge in [-0.15, -0.1) is 0 Å². The van der Waals surface area contributed by atoms with E-state index in [0.717, 1.165) is 6.04 Å². The second-order valence-corrected chi connectivity index (χ2v) is 9.49. The summed E-state index contributed by atoms with van der Waals surface area (Å²) in [6.07, 6.45) is 1.83. The molecule has 0 saturated heterocycles. The number of allylic oxidation sites excluding steroid dienone is 1. The molecule has 0 heterocycles. The smallest absolute Gasteiger partial charge is 0.330 e. The maximum absolute atomic E-state index is 10.4. The van der Waals surface area contributed by atoms with Crippen LogP contribution in [0.1, 0.15) is 6.92 Å². The Morgan fingerprint density at radius 1 is 1.45 bits per heavy atom. The summed E-state index contributed by atoms with van der Waals surface area (Å²) in [5, 5.41) is 8.53. The Labute approximate surface area is 68.9 Å². The molecule has 2 nitrogen and oxygen atoms in total. The minimum absolute atomic E-state index is 0.465. The lowest BCUT2D eigenvalue weighted by atomic mass is 10.3. The van der Waals surface area contributed by atoms with Crippen molar-refractivity contribution in [1.82, 2.24) is 0 Å². The molecule has 11 heavy (non-hydrogen) atoms. The van der Waals surface area contributed by atoms with Crippen LogP contribution in [0.5, 0.6) is 0 Å². The third kappa shape index (κ3) is 5.85. The maximum atomic E-state index is 10.4. The van der Waals surface area contributed by atoms with Crippen LogP contribution in [0.15, 0.2) is 11.6 Å². The topological polar surface area (TPSA) is 37.3 Å². The van der Waals surface area contributed by atoms with Gasteiger partial charge in [0.2, 0.25) is 0 Å². The van der Waals surface area contributed by atoms with E-state index in [1.54, 1.807) is 6.92 Å². The first-order valence-corrected chi connectivity index (χ1v) is 7.44. The van der Waals surface area contributed by atoms with Crippen molar-refractivity contribution in [2.24, 2.45) is 0 Å². The van der Waals surface area contributed by atoms with Gasteiger partial charge in [-0.2, -0.15) is 0 Å². The van der Waals surface area contributed by atoms with Crippen molar-refractivity contribution in [3.8, 4) is 0 Å². The highest BCUT2D eigenvalue weighted by Crippen LogP contribution is 2.10. The molecule has 0 aromatic heterocycles. The molecule has 0 radical (unpaired) electrons. The lowest BCUT2D eigenvalue weighted by Gasteiger charge is -2.11. The summed E-state index contributed by atoms with van der Waals surface area (Å²) in [6.45, 7) is 8.30. The van der Waals surface area contributed by atoms with E-state index in [0.29, 0.717) is 5.57 Å². The number of aliphatic carboxylic acids is 1. The van der Waals surface area contributed by atoms with E-state index < -0.39 is 14.0 Å². The highest BCUT2D eigenvalue weighted by molar-refractivity contribution is 6.76. The van der Waals surface area contributed by atoms with Gasteiger partial charge in [-0.3, -0.25) is 0 Å². The first-order chi connectivity index (χ1) is 4.83. The molecule has 64 valence electrons.